The van der Waals surface area contributed by atoms with Crippen molar-refractivity contribution in [2.45, 2.75) is 56.0 Å². The summed E-state index contributed by atoms with van der Waals surface area (Å²) < 4.78 is 40.1. The van der Waals surface area contributed by atoms with Gasteiger partial charge < -0.3 is 14.4 Å². The van der Waals surface area contributed by atoms with Gasteiger partial charge in [-0.15, -0.1) is 0 Å². The molecule has 1 saturated heterocycles. The first-order chi connectivity index (χ1) is 16.5. The van der Waals surface area contributed by atoms with Crippen molar-refractivity contribution in [3.63, 3.8) is 0 Å². The van der Waals surface area contributed by atoms with E-state index in [0.717, 1.165) is 38.5 Å². The molecular weight excluding hydrogens is 456 g/mol. The third kappa shape index (κ3) is 4.71. The normalized spacial score (nSPS) is 24.2. The molecule has 1 aliphatic heterocycles. The molecule has 0 atom stereocenters. The van der Waals surface area contributed by atoms with Crippen LogP contribution in [0.1, 0.15) is 38.5 Å². The smallest absolute Gasteiger partial charge is 0.316 e. The van der Waals surface area contributed by atoms with Crippen molar-refractivity contribution in [3.8, 4) is 11.4 Å². The molecule has 184 valence electrons. The summed E-state index contributed by atoms with van der Waals surface area (Å²) in [5.41, 5.74) is 1.01. The summed E-state index contributed by atoms with van der Waals surface area (Å²) >= 11 is 0. The molecule has 2 saturated carbocycles. The number of hydrogen-bond donors (Lipinski definition) is 0. The molecule has 3 aliphatic rings. The predicted octanol–water partition coefficient (Wildman–Crippen LogP) is 2.18. The van der Waals surface area contributed by atoms with Crippen LogP contribution in [0.25, 0.3) is 5.69 Å². The summed E-state index contributed by atoms with van der Waals surface area (Å²) in [4.78, 5) is 15.6. The van der Waals surface area contributed by atoms with Gasteiger partial charge in [0.2, 0.25) is 15.8 Å². The van der Waals surface area contributed by atoms with Crippen molar-refractivity contribution in [1.82, 2.24) is 14.1 Å². The highest BCUT2D eigenvalue weighted by Gasteiger charge is 2.41. The van der Waals surface area contributed by atoms with Crippen molar-refractivity contribution in [1.29, 1.82) is 0 Å². The summed E-state index contributed by atoms with van der Waals surface area (Å²) in [6.07, 6.45) is 6.78. The standard InChI is InChI=1S/C24H32N4O5S/c1-32-19-7-9-20(10-8-19)33-23-22(17-25-28(24(23)29)18-5-3-2-4-6-18)26-13-15-27(16-14-26)34(30,31)21-11-12-21/h2-6,17,19-21H,7-16H2,1H3. The summed E-state index contributed by atoms with van der Waals surface area (Å²) in [5, 5.41) is 4.23. The lowest BCUT2D eigenvalue weighted by Crippen LogP contribution is -2.50. The van der Waals surface area contributed by atoms with Crippen LogP contribution in [0.5, 0.6) is 5.75 Å². The van der Waals surface area contributed by atoms with Gasteiger partial charge >= 0.3 is 5.56 Å². The number of nitrogens with zero attached hydrogens (tertiary/aromatic N) is 4. The Bertz CT molecular complexity index is 1150. The minimum absolute atomic E-state index is 0.0685. The van der Waals surface area contributed by atoms with E-state index in [2.05, 4.69) is 5.10 Å². The third-order valence-electron chi connectivity index (χ3n) is 7.04. The second-order valence-corrected chi connectivity index (χ2v) is 11.5. The zero-order valence-electron chi connectivity index (χ0n) is 19.5. The van der Waals surface area contributed by atoms with Crippen molar-refractivity contribution >= 4 is 15.7 Å². The monoisotopic (exact) mass is 488 g/mol. The molecule has 0 amide bonds. The highest BCUT2D eigenvalue weighted by atomic mass is 32.2. The number of para-hydroxylation sites is 1. The second-order valence-electron chi connectivity index (χ2n) is 9.29. The molecule has 10 heteroatoms. The number of piperazine rings is 1. The lowest BCUT2D eigenvalue weighted by Gasteiger charge is -2.36. The maximum atomic E-state index is 13.6. The van der Waals surface area contributed by atoms with Crippen molar-refractivity contribution in [2.24, 2.45) is 0 Å². The predicted molar refractivity (Wildman–Crippen MR) is 129 cm³/mol. The van der Waals surface area contributed by atoms with Crippen LogP contribution in [0.2, 0.25) is 0 Å². The van der Waals surface area contributed by atoms with Gasteiger partial charge in [-0.25, -0.2) is 8.42 Å². The van der Waals surface area contributed by atoms with Gasteiger partial charge in [0.05, 0.1) is 29.3 Å². The third-order valence-corrected chi connectivity index (χ3v) is 9.44. The average Bonchev–Trinajstić information content (AvgIpc) is 3.73. The Balaban J connectivity index is 1.41. The van der Waals surface area contributed by atoms with Crippen LogP contribution in [-0.4, -0.2) is 73.3 Å². The molecule has 34 heavy (non-hydrogen) atoms. The zero-order chi connectivity index (χ0) is 23.7. The Labute approximate surface area is 200 Å². The van der Waals surface area contributed by atoms with Crippen LogP contribution >= 0.6 is 0 Å². The van der Waals surface area contributed by atoms with Gasteiger partial charge in [0, 0.05) is 33.3 Å². The molecule has 2 heterocycles. The summed E-state index contributed by atoms with van der Waals surface area (Å²) in [7, 11) is -1.47. The maximum absolute atomic E-state index is 13.6. The molecule has 1 aromatic heterocycles. The average molecular weight is 489 g/mol. The molecule has 0 radical (unpaired) electrons. The summed E-state index contributed by atoms with van der Waals surface area (Å²) in [6.45, 7) is 1.79. The Morgan fingerprint density at radius 1 is 0.912 bits per heavy atom. The van der Waals surface area contributed by atoms with Gasteiger partial charge in [-0.1, -0.05) is 18.2 Å². The number of anilines is 1. The van der Waals surface area contributed by atoms with E-state index in [-0.39, 0.29) is 23.0 Å². The van der Waals surface area contributed by atoms with Gasteiger partial charge in [-0.3, -0.25) is 4.79 Å². The van der Waals surface area contributed by atoms with Crippen LogP contribution in [0, 0.1) is 0 Å². The number of hydrogen-bond acceptors (Lipinski definition) is 7. The van der Waals surface area contributed by atoms with Crippen LogP contribution < -0.4 is 15.2 Å². The lowest BCUT2D eigenvalue weighted by atomic mass is 9.95. The molecular formula is C24H32N4O5S. The fourth-order valence-corrected chi connectivity index (χ4v) is 6.66. The van der Waals surface area contributed by atoms with Crippen molar-refractivity contribution in [2.75, 3.05) is 38.2 Å². The van der Waals surface area contributed by atoms with Gasteiger partial charge in [0.25, 0.3) is 0 Å². The van der Waals surface area contributed by atoms with E-state index < -0.39 is 10.0 Å². The molecule has 1 aromatic carbocycles. The first kappa shape index (κ1) is 23.3. The van der Waals surface area contributed by atoms with Gasteiger partial charge in [-0.2, -0.15) is 14.1 Å². The zero-order valence-corrected chi connectivity index (χ0v) is 20.3. The molecule has 0 spiro atoms. The topological polar surface area (TPSA) is 94.0 Å². The van der Waals surface area contributed by atoms with Crippen molar-refractivity contribution < 1.29 is 17.9 Å². The number of ether oxygens (including phenoxy) is 2. The number of benzene rings is 1. The Kier molecular flexibility index (Phi) is 6.63. The number of rotatable bonds is 7. The Hall–Kier alpha value is -2.43. The van der Waals surface area contributed by atoms with E-state index in [1.807, 2.05) is 35.2 Å². The van der Waals surface area contributed by atoms with E-state index in [0.29, 0.717) is 43.3 Å². The van der Waals surface area contributed by atoms with Crippen LogP contribution in [-0.2, 0) is 14.8 Å². The van der Waals surface area contributed by atoms with E-state index in [1.165, 1.54) is 4.68 Å². The van der Waals surface area contributed by atoms with Crippen LogP contribution in [0.3, 0.4) is 0 Å². The largest absolute Gasteiger partial charge is 0.483 e. The molecule has 9 nitrogen and oxygen atoms in total. The first-order valence-corrected chi connectivity index (χ1v) is 13.6. The Morgan fingerprint density at radius 3 is 2.18 bits per heavy atom. The highest BCUT2D eigenvalue weighted by Crippen LogP contribution is 2.33. The van der Waals surface area contributed by atoms with E-state index in [9.17, 15) is 13.2 Å². The van der Waals surface area contributed by atoms with Crippen molar-refractivity contribution in [3.05, 3.63) is 46.9 Å². The number of methoxy groups -OCH3 is 1. The summed E-state index contributed by atoms with van der Waals surface area (Å²) in [6, 6.07) is 9.29. The second kappa shape index (κ2) is 9.67. The minimum atomic E-state index is -3.20. The van der Waals surface area contributed by atoms with Gasteiger partial charge in [0.1, 0.15) is 5.69 Å². The SMILES string of the molecule is COC1CCC(Oc2c(N3CCN(S(=O)(=O)C4CC4)CC3)cnn(-c3ccccc3)c2=O)CC1. The Morgan fingerprint density at radius 2 is 1.56 bits per heavy atom. The fourth-order valence-electron chi connectivity index (χ4n) is 4.83. The van der Waals surface area contributed by atoms with Gasteiger partial charge in [0.15, 0.2) is 0 Å². The quantitative estimate of drug-likeness (QED) is 0.590. The number of aromatic nitrogens is 2. The maximum Gasteiger partial charge on any atom is 0.316 e. The molecule has 2 aliphatic carbocycles. The summed E-state index contributed by atoms with van der Waals surface area (Å²) in [5.74, 6) is 0.290. The molecule has 0 N–H and O–H groups in total. The molecule has 0 bridgehead atoms. The van der Waals surface area contributed by atoms with Gasteiger partial charge in [-0.05, 0) is 50.7 Å². The first-order valence-electron chi connectivity index (χ1n) is 12.1. The molecule has 2 aromatic rings. The van der Waals surface area contributed by atoms with Crippen LogP contribution in [0.4, 0.5) is 5.69 Å². The van der Waals surface area contributed by atoms with E-state index in [4.69, 9.17) is 9.47 Å². The van der Waals surface area contributed by atoms with Crippen LogP contribution in [0.15, 0.2) is 41.3 Å². The van der Waals surface area contributed by atoms with E-state index >= 15 is 0 Å². The lowest BCUT2D eigenvalue weighted by molar-refractivity contribution is 0.0323. The molecule has 5 rings (SSSR count). The van der Waals surface area contributed by atoms with E-state index in [1.54, 1.807) is 17.6 Å². The molecule has 3 fully saturated rings. The number of sulfonamides is 1. The molecule has 0 unspecified atom stereocenters. The minimum Gasteiger partial charge on any atom is -0.483 e. The highest BCUT2D eigenvalue weighted by molar-refractivity contribution is 7.90. The fraction of sp³-hybridized carbons (Fsp3) is 0.583.